The zero-order chi connectivity index (χ0) is 14.2. The zero-order valence-electron chi connectivity index (χ0n) is 11.0. The molecule has 0 aliphatic rings. The van der Waals surface area contributed by atoms with Gasteiger partial charge < -0.3 is 4.74 Å². The van der Waals surface area contributed by atoms with Crippen LogP contribution < -0.4 is 0 Å². The topological polar surface area (TPSA) is 31.2 Å². The van der Waals surface area contributed by atoms with Gasteiger partial charge in [-0.1, -0.05) is 15.9 Å². The largest absolute Gasteiger partial charge is 0.443 e. The number of benzene rings is 1. The number of aromatic nitrogens is 1. The van der Waals surface area contributed by atoms with Crippen molar-refractivity contribution in [2.45, 2.75) is 31.7 Å². The SMILES string of the molecule is CC(C)(C)OC(=O)n1c(CBr)cc2ccc(F)cc21. The number of halogens is 2. The molecule has 0 fully saturated rings. The van der Waals surface area contributed by atoms with Crippen LogP contribution in [0.15, 0.2) is 24.3 Å². The molecular formula is C14H15BrFNO2. The third-order valence-electron chi connectivity index (χ3n) is 2.56. The predicted molar refractivity (Wildman–Crippen MR) is 76.2 cm³/mol. The van der Waals surface area contributed by atoms with Crippen LogP contribution >= 0.6 is 15.9 Å². The van der Waals surface area contributed by atoms with Gasteiger partial charge in [-0.3, -0.25) is 0 Å². The summed E-state index contributed by atoms with van der Waals surface area (Å²) >= 11 is 3.33. The van der Waals surface area contributed by atoms with Crippen LogP contribution in [0.4, 0.5) is 9.18 Å². The van der Waals surface area contributed by atoms with Crippen molar-refractivity contribution in [2.75, 3.05) is 0 Å². The third-order valence-corrected chi connectivity index (χ3v) is 3.13. The summed E-state index contributed by atoms with van der Waals surface area (Å²) in [7, 11) is 0. The van der Waals surface area contributed by atoms with Crippen LogP contribution in [-0.2, 0) is 10.1 Å². The normalized spacial score (nSPS) is 11.8. The molecule has 3 nitrogen and oxygen atoms in total. The molecule has 0 aliphatic heterocycles. The number of hydrogen-bond acceptors (Lipinski definition) is 2. The fourth-order valence-corrected chi connectivity index (χ4v) is 2.27. The Kier molecular flexibility index (Phi) is 3.67. The highest BCUT2D eigenvalue weighted by atomic mass is 79.9. The van der Waals surface area contributed by atoms with E-state index in [1.807, 2.05) is 6.07 Å². The number of nitrogens with zero attached hydrogens (tertiary/aromatic N) is 1. The molecule has 0 N–H and O–H groups in total. The minimum atomic E-state index is -0.593. The van der Waals surface area contributed by atoms with E-state index in [9.17, 15) is 9.18 Å². The van der Waals surface area contributed by atoms with Gasteiger partial charge in [0.15, 0.2) is 0 Å². The van der Waals surface area contributed by atoms with Crippen molar-refractivity contribution in [3.63, 3.8) is 0 Å². The summed E-state index contributed by atoms with van der Waals surface area (Å²) in [4.78, 5) is 12.2. The Hall–Kier alpha value is -1.36. The lowest BCUT2D eigenvalue weighted by molar-refractivity contribution is 0.0541. The highest BCUT2D eigenvalue weighted by molar-refractivity contribution is 9.08. The Bertz CT molecular complexity index is 628. The Labute approximate surface area is 119 Å². The van der Waals surface area contributed by atoms with E-state index in [0.717, 1.165) is 11.1 Å². The van der Waals surface area contributed by atoms with Crippen LogP contribution in [0.25, 0.3) is 10.9 Å². The first kappa shape index (κ1) is 14.1. The predicted octanol–water partition coefficient (Wildman–Crippen LogP) is 4.46. The molecule has 1 aromatic heterocycles. The molecule has 0 saturated carbocycles. The standard InChI is InChI=1S/C14H15BrFNO2/c1-14(2,3)19-13(18)17-11(8-15)6-9-4-5-10(16)7-12(9)17/h4-7H,8H2,1-3H3. The van der Waals surface area contributed by atoms with Crippen LogP contribution in [0.3, 0.4) is 0 Å². The van der Waals surface area contributed by atoms with Crippen LogP contribution in [0.1, 0.15) is 26.5 Å². The number of rotatable bonds is 1. The van der Waals surface area contributed by atoms with E-state index in [4.69, 9.17) is 4.74 Å². The molecule has 1 aromatic carbocycles. The first-order valence-electron chi connectivity index (χ1n) is 5.91. The molecule has 5 heteroatoms. The van der Waals surface area contributed by atoms with Crippen molar-refractivity contribution in [1.82, 2.24) is 4.57 Å². The van der Waals surface area contributed by atoms with Gasteiger partial charge in [0.1, 0.15) is 11.4 Å². The van der Waals surface area contributed by atoms with E-state index in [0.29, 0.717) is 10.8 Å². The number of fused-ring (bicyclic) bond motifs is 1. The monoisotopic (exact) mass is 327 g/mol. The van der Waals surface area contributed by atoms with Gasteiger partial charge in [0.2, 0.25) is 0 Å². The average molecular weight is 328 g/mol. The molecule has 0 spiro atoms. The molecule has 0 bridgehead atoms. The first-order valence-corrected chi connectivity index (χ1v) is 7.03. The fraction of sp³-hybridized carbons (Fsp3) is 0.357. The van der Waals surface area contributed by atoms with Crippen molar-refractivity contribution in [1.29, 1.82) is 0 Å². The molecule has 2 rings (SSSR count). The number of alkyl halides is 1. The highest BCUT2D eigenvalue weighted by Gasteiger charge is 2.21. The second kappa shape index (κ2) is 4.96. The molecular weight excluding hydrogens is 313 g/mol. The molecule has 0 saturated heterocycles. The lowest BCUT2D eigenvalue weighted by Crippen LogP contribution is -2.27. The van der Waals surface area contributed by atoms with E-state index < -0.39 is 11.7 Å². The second-order valence-corrected chi connectivity index (χ2v) is 5.85. The van der Waals surface area contributed by atoms with Crippen LogP contribution in [-0.4, -0.2) is 16.3 Å². The van der Waals surface area contributed by atoms with Crippen LogP contribution in [0.2, 0.25) is 0 Å². The fourth-order valence-electron chi connectivity index (χ4n) is 1.85. The summed E-state index contributed by atoms with van der Waals surface area (Å²) in [6.07, 6.45) is -0.498. The van der Waals surface area contributed by atoms with Gasteiger partial charge in [-0.05, 0) is 45.0 Å². The summed E-state index contributed by atoms with van der Waals surface area (Å²) < 4.78 is 20.1. The summed E-state index contributed by atoms with van der Waals surface area (Å²) in [5, 5.41) is 1.30. The minimum absolute atomic E-state index is 0.378. The summed E-state index contributed by atoms with van der Waals surface area (Å²) in [6.45, 7) is 5.39. The van der Waals surface area contributed by atoms with E-state index in [2.05, 4.69) is 15.9 Å². The number of carbonyl (C=O) groups excluding carboxylic acids is 1. The number of hydrogen-bond donors (Lipinski definition) is 0. The zero-order valence-corrected chi connectivity index (χ0v) is 12.6. The van der Waals surface area contributed by atoms with Gasteiger partial charge in [0.25, 0.3) is 0 Å². The third kappa shape index (κ3) is 2.97. The van der Waals surface area contributed by atoms with Crippen LogP contribution in [0.5, 0.6) is 0 Å². The van der Waals surface area contributed by atoms with E-state index in [1.165, 1.54) is 16.7 Å². The van der Waals surface area contributed by atoms with Gasteiger partial charge in [0, 0.05) is 16.4 Å². The Morgan fingerprint density at radius 3 is 2.63 bits per heavy atom. The maximum absolute atomic E-state index is 13.4. The Balaban J connectivity index is 2.56. The van der Waals surface area contributed by atoms with Crippen molar-refractivity contribution in [3.8, 4) is 0 Å². The molecule has 2 aromatic rings. The lowest BCUT2D eigenvalue weighted by atomic mass is 10.2. The Morgan fingerprint density at radius 1 is 1.37 bits per heavy atom. The minimum Gasteiger partial charge on any atom is -0.443 e. The van der Waals surface area contributed by atoms with Crippen molar-refractivity contribution in [2.24, 2.45) is 0 Å². The number of carbonyl (C=O) groups is 1. The first-order chi connectivity index (χ1) is 8.81. The summed E-state index contributed by atoms with van der Waals surface area (Å²) in [5.41, 5.74) is 0.656. The summed E-state index contributed by atoms with van der Waals surface area (Å²) in [6, 6.07) is 6.20. The molecule has 0 unspecified atom stereocenters. The smallest absolute Gasteiger partial charge is 0.419 e. The molecule has 19 heavy (non-hydrogen) atoms. The molecule has 0 radical (unpaired) electrons. The quantitative estimate of drug-likeness (QED) is 0.724. The lowest BCUT2D eigenvalue weighted by Gasteiger charge is -2.20. The highest BCUT2D eigenvalue weighted by Crippen LogP contribution is 2.24. The van der Waals surface area contributed by atoms with Crippen LogP contribution in [0, 0.1) is 5.82 Å². The molecule has 0 aliphatic carbocycles. The molecule has 102 valence electrons. The van der Waals surface area contributed by atoms with Gasteiger partial charge in [0.05, 0.1) is 5.52 Å². The second-order valence-electron chi connectivity index (χ2n) is 5.29. The average Bonchev–Trinajstić information content (AvgIpc) is 2.64. The van der Waals surface area contributed by atoms with E-state index in [1.54, 1.807) is 26.8 Å². The maximum Gasteiger partial charge on any atom is 0.419 e. The Morgan fingerprint density at radius 2 is 2.05 bits per heavy atom. The molecule has 0 atom stereocenters. The van der Waals surface area contributed by atoms with Gasteiger partial charge in [-0.15, -0.1) is 0 Å². The summed E-state index contributed by atoms with van der Waals surface area (Å²) in [5.74, 6) is -0.378. The van der Waals surface area contributed by atoms with E-state index >= 15 is 0 Å². The molecule has 1 heterocycles. The van der Waals surface area contributed by atoms with Crippen molar-refractivity contribution >= 4 is 32.9 Å². The maximum atomic E-state index is 13.4. The van der Waals surface area contributed by atoms with Gasteiger partial charge in [-0.25, -0.2) is 13.8 Å². The van der Waals surface area contributed by atoms with Crippen molar-refractivity contribution < 1.29 is 13.9 Å². The van der Waals surface area contributed by atoms with Crippen molar-refractivity contribution in [3.05, 3.63) is 35.8 Å². The number of ether oxygens (including phenoxy) is 1. The molecule has 0 amide bonds. The van der Waals surface area contributed by atoms with Gasteiger partial charge in [-0.2, -0.15) is 0 Å². The van der Waals surface area contributed by atoms with Gasteiger partial charge >= 0.3 is 6.09 Å². The van der Waals surface area contributed by atoms with E-state index in [-0.39, 0.29) is 5.82 Å².